The highest BCUT2D eigenvalue weighted by molar-refractivity contribution is 7.80. The Labute approximate surface area is 169 Å². The largest absolute Gasteiger partial charge is 0.383 e. The van der Waals surface area contributed by atoms with Gasteiger partial charge in [-0.15, -0.1) is 0 Å². The van der Waals surface area contributed by atoms with Crippen LogP contribution in [0.1, 0.15) is 25.3 Å². The van der Waals surface area contributed by atoms with Crippen LogP contribution in [0.5, 0.6) is 0 Å². The molecule has 1 aromatic carbocycles. The molecule has 0 saturated heterocycles. The van der Waals surface area contributed by atoms with Crippen molar-refractivity contribution in [3.63, 3.8) is 0 Å². The van der Waals surface area contributed by atoms with E-state index >= 15 is 0 Å². The van der Waals surface area contributed by atoms with Crippen molar-refractivity contribution in [2.75, 3.05) is 30.9 Å². The number of rotatable bonds is 9. The van der Waals surface area contributed by atoms with Gasteiger partial charge in [-0.1, -0.05) is 43.7 Å². The van der Waals surface area contributed by atoms with Gasteiger partial charge in [-0.2, -0.15) is 0 Å². The van der Waals surface area contributed by atoms with Crippen molar-refractivity contribution in [3.05, 3.63) is 56.7 Å². The monoisotopic (exact) mass is 405 g/mol. The van der Waals surface area contributed by atoms with Gasteiger partial charge in [0.25, 0.3) is 5.56 Å². The summed E-state index contributed by atoms with van der Waals surface area (Å²) in [6.45, 7) is 3.71. The van der Waals surface area contributed by atoms with Crippen LogP contribution in [0.2, 0.25) is 0 Å². The van der Waals surface area contributed by atoms with Gasteiger partial charge in [0.2, 0.25) is 0 Å². The van der Waals surface area contributed by atoms with Gasteiger partial charge < -0.3 is 20.7 Å². The van der Waals surface area contributed by atoms with Gasteiger partial charge in [0.1, 0.15) is 5.82 Å². The minimum Gasteiger partial charge on any atom is -0.383 e. The Hall–Kier alpha value is -2.65. The Balaban J connectivity index is 2.48. The van der Waals surface area contributed by atoms with E-state index in [1.165, 1.54) is 4.57 Å². The van der Waals surface area contributed by atoms with Crippen molar-refractivity contribution in [1.29, 1.82) is 0 Å². The molecular weight excluding hydrogens is 378 g/mol. The zero-order valence-corrected chi connectivity index (χ0v) is 17.1. The fourth-order valence-electron chi connectivity index (χ4n) is 2.75. The van der Waals surface area contributed by atoms with Gasteiger partial charge in [-0.25, -0.2) is 4.79 Å². The lowest BCUT2D eigenvalue weighted by molar-refractivity contribution is 0.204. The van der Waals surface area contributed by atoms with Crippen molar-refractivity contribution in [1.82, 2.24) is 14.9 Å². The molecule has 2 rings (SSSR count). The first-order valence-corrected chi connectivity index (χ1v) is 9.61. The van der Waals surface area contributed by atoms with E-state index in [0.717, 1.165) is 18.4 Å². The fourth-order valence-corrected chi connectivity index (χ4v) is 3.01. The number of nitrogen functional groups attached to an aromatic ring is 1. The van der Waals surface area contributed by atoms with Gasteiger partial charge in [0, 0.05) is 20.2 Å². The second-order valence-corrected chi connectivity index (χ2v) is 6.68. The van der Waals surface area contributed by atoms with E-state index in [0.29, 0.717) is 31.4 Å². The van der Waals surface area contributed by atoms with Crippen LogP contribution in [0.25, 0.3) is 0 Å². The molecule has 0 aliphatic carbocycles. The number of nitrogens with one attached hydrogen (secondary N) is 2. The van der Waals surface area contributed by atoms with E-state index in [9.17, 15) is 9.59 Å². The Bertz CT molecular complexity index is 895. The maximum atomic E-state index is 12.7. The molecule has 0 bridgehead atoms. The van der Waals surface area contributed by atoms with Crippen molar-refractivity contribution in [2.24, 2.45) is 0 Å². The van der Waals surface area contributed by atoms with Crippen LogP contribution in [0, 0.1) is 0 Å². The lowest BCUT2D eigenvalue weighted by Gasteiger charge is -2.27. The predicted molar refractivity (Wildman–Crippen MR) is 116 cm³/mol. The number of nitrogens with two attached hydrogens (primary N) is 1. The number of thiocarbonyl (C=S) groups is 1. The highest BCUT2D eigenvalue weighted by Gasteiger charge is 2.22. The second kappa shape index (κ2) is 10.6. The van der Waals surface area contributed by atoms with Gasteiger partial charge >= 0.3 is 5.69 Å². The summed E-state index contributed by atoms with van der Waals surface area (Å²) < 4.78 is 6.43. The maximum absolute atomic E-state index is 12.7. The average Bonchev–Trinajstić information content (AvgIpc) is 2.67. The van der Waals surface area contributed by atoms with Crippen LogP contribution in [0.3, 0.4) is 0 Å². The van der Waals surface area contributed by atoms with Crippen LogP contribution >= 0.6 is 12.2 Å². The van der Waals surface area contributed by atoms with Gasteiger partial charge in [0.15, 0.2) is 10.8 Å². The number of unbranched alkanes of at least 4 members (excludes halogenated alkanes) is 1. The highest BCUT2D eigenvalue weighted by Crippen LogP contribution is 2.20. The molecule has 0 unspecified atom stereocenters. The number of anilines is 2. The molecule has 152 valence electrons. The lowest BCUT2D eigenvalue weighted by Crippen LogP contribution is -2.45. The molecule has 28 heavy (non-hydrogen) atoms. The molecule has 4 N–H and O–H groups in total. The van der Waals surface area contributed by atoms with Crippen molar-refractivity contribution in [2.45, 2.75) is 32.9 Å². The van der Waals surface area contributed by atoms with Crippen LogP contribution < -0.4 is 27.2 Å². The summed E-state index contributed by atoms with van der Waals surface area (Å²) in [6.07, 6.45) is 1.66. The zero-order valence-electron chi connectivity index (χ0n) is 16.2. The third-order valence-electron chi connectivity index (χ3n) is 4.23. The van der Waals surface area contributed by atoms with Crippen LogP contribution in [0.4, 0.5) is 11.5 Å². The summed E-state index contributed by atoms with van der Waals surface area (Å²) in [4.78, 5) is 28.9. The van der Waals surface area contributed by atoms with Crippen LogP contribution in [0.15, 0.2) is 39.9 Å². The summed E-state index contributed by atoms with van der Waals surface area (Å²) in [5.41, 5.74) is 6.29. The third-order valence-corrected chi connectivity index (χ3v) is 4.60. The molecular formula is C19H27N5O3S. The lowest BCUT2D eigenvalue weighted by atomic mass is 10.2. The molecule has 0 atom stereocenters. The van der Waals surface area contributed by atoms with Crippen molar-refractivity contribution < 1.29 is 4.74 Å². The molecule has 0 aliphatic rings. The Morgan fingerprint density at radius 1 is 1.32 bits per heavy atom. The molecule has 0 amide bonds. The Kier molecular flexibility index (Phi) is 8.21. The summed E-state index contributed by atoms with van der Waals surface area (Å²) in [5, 5.41) is 3.40. The first-order valence-electron chi connectivity index (χ1n) is 9.20. The molecule has 1 heterocycles. The number of nitrogens with zero attached hydrogens (tertiary/aromatic N) is 2. The number of ether oxygens (including phenoxy) is 1. The molecule has 1 aromatic heterocycles. The minimum atomic E-state index is -0.568. The highest BCUT2D eigenvalue weighted by atomic mass is 32.1. The van der Waals surface area contributed by atoms with E-state index in [-0.39, 0.29) is 11.5 Å². The number of hydrogen-bond acceptors (Lipinski definition) is 5. The van der Waals surface area contributed by atoms with Gasteiger partial charge in [-0.05, 0) is 24.2 Å². The number of hydrogen-bond donors (Lipinski definition) is 3. The molecule has 0 fully saturated rings. The summed E-state index contributed by atoms with van der Waals surface area (Å²) >= 11 is 5.52. The standard InChI is InChI=1S/C19H27N5O3S/c1-3-4-11-23-16(20)15(17(25)22-18(23)26)24(19(28)21-10-12-27-2)13-14-8-6-5-7-9-14/h5-9H,3-4,10-13,20H2,1-2H3,(H,21,28)(H,22,25,26). The predicted octanol–water partition coefficient (Wildman–Crippen LogP) is 1.45. The third kappa shape index (κ3) is 5.43. The normalized spacial score (nSPS) is 10.6. The quantitative estimate of drug-likeness (QED) is 0.428. The van der Waals surface area contributed by atoms with E-state index in [1.54, 1.807) is 12.0 Å². The SMILES string of the molecule is CCCCn1c(N)c(N(Cc2ccccc2)C(=S)NCCOC)c(=O)[nH]c1=O. The first kappa shape index (κ1) is 21.6. The molecule has 9 heteroatoms. The average molecular weight is 406 g/mol. The molecule has 2 aromatic rings. The zero-order chi connectivity index (χ0) is 20.5. The number of H-pyrrole nitrogens is 1. The number of methoxy groups -OCH3 is 1. The van der Waals surface area contributed by atoms with E-state index in [4.69, 9.17) is 22.7 Å². The minimum absolute atomic E-state index is 0.106. The number of aromatic amines is 1. The summed E-state index contributed by atoms with van der Waals surface area (Å²) in [7, 11) is 1.60. The molecule has 8 nitrogen and oxygen atoms in total. The first-order chi connectivity index (χ1) is 13.5. The fraction of sp³-hybridized carbons (Fsp3) is 0.421. The summed E-state index contributed by atoms with van der Waals surface area (Å²) in [5.74, 6) is 0.106. The van der Waals surface area contributed by atoms with Gasteiger partial charge in [-0.3, -0.25) is 14.3 Å². The van der Waals surface area contributed by atoms with Gasteiger partial charge in [0.05, 0.1) is 13.2 Å². The Morgan fingerprint density at radius 2 is 2.04 bits per heavy atom. The molecule has 0 radical (unpaired) electrons. The number of aromatic nitrogens is 2. The van der Waals surface area contributed by atoms with E-state index < -0.39 is 11.2 Å². The van der Waals surface area contributed by atoms with Crippen LogP contribution in [-0.4, -0.2) is 34.9 Å². The second-order valence-electron chi connectivity index (χ2n) is 6.29. The molecule has 0 spiro atoms. The van der Waals surface area contributed by atoms with E-state index in [1.807, 2.05) is 37.3 Å². The smallest absolute Gasteiger partial charge is 0.330 e. The molecule has 0 aliphatic heterocycles. The number of benzene rings is 1. The maximum Gasteiger partial charge on any atom is 0.330 e. The van der Waals surface area contributed by atoms with E-state index in [2.05, 4.69) is 10.3 Å². The Morgan fingerprint density at radius 3 is 2.68 bits per heavy atom. The van der Waals surface area contributed by atoms with Crippen LogP contribution in [-0.2, 0) is 17.8 Å². The molecule has 0 saturated carbocycles. The summed E-state index contributed by atoms with van der Waals surface area (Å²) in [6, 6.07) is 9.59. The van der Waals surface area contributed by atoms with Crippen molar-refractivity contribution in [3.8, 4) is 0 Å². The van der Waals surface area contributed by atoms with Crippen molar-refractivity contribution >= 4 is 28.8 Å². The topological polar surface area (TPSA) is 105 Å².